The molecule has 0 bridgehead atoms. The smallest absolute Gasteiger partial charge is 0.0479 e. The zero-order valence-corrected chi connectivity index (χ0v) is 5.55. The molecule has 3 heteroatoms. The molecule has 0 spiro atoms. The van der Waals surface area contributed by atoms with Crippen molar-refractivity contribution in [2.75, 3.05) is 5.75 Å². The first kappa shape index (κ1) is 4.94. The Morgan fingerprint density at radius 3 is 3.00 bits per heavy atom. The molecular weight excluding hydrogens is 162 g/mol. The van der Waals surface area contributed by atoms with Crippen LogP contribution in [0.5, 0.6) is 0 Å². The van der Waals surface area contributed by atoms with Gasteiger partial charge in [-0.1, -0.05) is 27.9 Å². The maximum Gasteiger partial charge on any atom is 0.0479 e. The molecule has 1 radical (unpaired) electrons. The molecule has 1 unspecified atom stereocenters. The highest BCUT2D eigenvalue weighted by Crippen LogP contribution is 2.16. The molecule has 1 nitrogen and oxygen atoms in total. The van der Waals surface area contributed by atoms with Crippen LogP contribution >= 0.6 is 27.9 Å². The summed E-state index contributed by atoms with van der Waals surface area (Å²) < 4.78 is 3.02. The van der Waals surface area contributed by atoms with E-state index in [-0.39, 0.29) is 0 Å². The van der Waals surface area contributed by atoms with Gasteiger partial charge in [0.1, 0.15) is 0 Å². The first-order valence-corrected chi connectivity index (χ1v) is 3.64. The van der Waals surface area contributed by atoms with Crippen LogP contribution in [0.4, 0.5) is 0 Å². The maximum atomic E-state index is 3.40. The van der Waals surface area contributed by atoms with Crippen LogP contribution in [-0.4, -0.2) is 10.6 Å². The lowest BCUT2D eigenvalue weighted by Crippen LogP contribution is -1.95. The van der Waals surface area contributed by atoms with Crippen molar-refractivity contribution in [3.63, 3.8) is 0 Å². The fourth-order valence-electron chi connectivity index (χ4n) is 0.298. The van der Waals surface area contributed by atoms with Gasteiger partial charge in [0.15, 0.2) is 0 Å². The van der Waals surface area contributed by atoms with Gasteiger partial charge in [-0.25, -0.2) is 0 Å². The molecular formula is C3H5BrNS. The van der Waals surface area contributed by atoms with Crippen LogP contribution in [-0.2, 0) is 0 Å². The number of alkyl halides is 1. The minimum absolute atomic E-state index is 0.586. The van der Waals surface area contributed by atoms with Gasteiger partial charge >= 0.3 is 0 Å². The van der Waals surface area contributed by atoms with Crippen LogP contribution in [0.1, 0.15) is 0 Å². The summed E-state index contributed by atoms with van der Waals surface area (Å²) in [6.45, 7) is 2.03. The molecule has 1 heterocycles. The molecule has 35 valence electrons. The van der Waals surface area contributed by atoms with Crippen LogP contribution in [0.25, 0.3) is 0 Å². The maximum absolute atomic E-state index is 3.40. The third-order valence-corrected chi connectivity index (χ3v) is 2.42. The fourth-order valence-corrected chi connectivity index (χ4v) is 1.61. The van der Waals surface area contributed by atoms with E-state index in [4.69, 9.17) is 0 Å². The molecule has 0 aromatic rings. The molecule has 0 aromatic heterocycles. The van der Waals surface area contributed by atoms with E-state index in [1.165, 1.54) is 0 Å². The molecule has 1 fully saturated rings. The molecule has 6 heavy (non-hydrogen) atoms. The summed E-state index contributed by atoms with van der Waals surface area (Å²) in [4.78, 5) is 0.586. The van der Waals surface area contributed by atoms with Crippen molar-refractivity contribution in [1.29, 1.82) is 0 Å². The topological polar surface area (TPSA) is 12.0 Å². The first-order valence-electron chi connectivity index (χ1n) is 1.74. The van der Waals surface area contributed by atoms with Crippen LogP contribution in [0.15, 0.2) is 0 Å². The van der Waals surface area contributed by atoms with Gasteiger partial charge in [0.05, 0.1) is 0 Å². The average Bonchev–Trinajstić information content (AvgIpc) is 1.86. The Hall–Kier alpha value is 0.790. The number of nitrogens with one attached hydrogen (secondary N) is 1. The molecule has 1 saturated heterocycles. The Kier molecular flexibility index (Phi) is 1.80. The quantitative estimate of drug-likeness (QED) is 0.429. The second-order valence-electron chi connectivity index (χ2n) is 1.11. The Morgan fingerprint density at radius 1 is 2.00 bits per heavy atom. The van der Waals surface area contributed by atoms with Gasteiger partial charge in [0.25, 0.3) is 0 Å². The Labute approximate surface area is 50.1 Å². The molecule has 0 aliphatic carbocycles. The minimum atomic E-state index is 0.586. The van der Waals surface area contributed by atoms with Crippen LogP contribution < -0.4 is 4.72 Å². The molecule has 1 rings (SSSR count). The van der Waals surface area contributed by atoms with Gasteiger partial charge in [0.2, 0.25) is 0 Å². The molecule has 1 atom stereocenters. The fraction of sp³-hybridized carbons (Fsp3) is 0.667. The first-order chi connectivity index (χ1) is 2.89. The Morgan fingerprint density at radius 2 is 2.83 bits per heavy atom. The molecule has 0 saturated carbocycles. The molecule has 0 aromatic carbocycles. The highest BCUT2D eigenvalue weighted by Gasteiger charge is 2.09. The predicted molar refractivity (Wildman–Crippen MR) is 32.6 cm³/mol. The molecule has 1 aliphatic rings. The van der Waals surface area contributed by atoms with E-state index in [1.807, 2.05) is 6.54 Å². The van der Waals surface area contributed by atoms with Crippen molar-refractivity contribution in [2.45, 2.75) is 4.83 Å². The summed E-state index contributed by atoms with van der Waals surface area (Å²) in [6.07, 6.45) is 0. The summed E-state index contributed by atoms with van der Waals surface area (Å²) >= 11 is 5.13. The van der Waals surface area contributed by atoms with Crippen molar-refractivity contribution < 1.29 is 0 Å². The van der Waals surface area contributed by atoms with E-state index in [0.29, 0.717) is 4.83 Å². The van der Waals surface area contributed by atoms with Gasteiger partial charge in [-0.15, -0.1) is 0 Å². The van der Waals surface area contributed by atoms with Crippen molar-refractivity contribution in [3.05, 3.63) is 6.54 Å². The van der Waals surface area contributed by atoms with Crippen LogP contribution in [0.2, 0.25) is 0 Å². The van der Waals surface area contributed by atoms with Gasteiger partial charge in [0, 0.05) is 17.1 Å². The summed E-state index contributed by atoms with van der Waals surface area (Å²) in [5.41, 5.74) is 0. The third kappa shape index (κ3) is 1.13. The number of hydrogen-bond acceptors (Lipinski definition) is 2. The lowest BCUT2D eigenvalue weighted by molar-refractivity contribution is 1.12. The largest absolute Gasteiger partial charge is 0.258 e. The molecule has 1 aliphatic heterocycles. The monoisotopic (exact) mass is 166 g/mol. The minimum Gasteiger partial charge on any atom is -0.258 e. The van der Waals surface area contributed by atoms with Gasteiger partial charge < -0.3 is 0 Å². The van der Waals surface area contributed by atoms with E-state index in [0.717, 1.165) is 5.75 Å². The zero-order chi connectivity index (χ0) is 4.41. The van der Waals surface area contributed by atoms with Crippen molar-refractivity contribution in [1.82, 2.24) is 4.72 Å². The standard InChI is InChI=1S/C3H5BrNS/c4-3-1-5-6-2-3/h1,3,5H,2H2. The second-order valence-corrected chi connectivity index (χ2v) is 3.15. The zero-order valence-electron chi connectivity index (χ0n) is 3.15. The average molecular weight is 167 g/mol. The van der Waals surface area contributed by atoms with Crippen molar-refractivity contribution in [3.8, 4) is 0 Å². The second kappa shape index (κ2) is 2.19. The lowest BCUT2D eigenvalue weighted by atomic mass is 10.5. The third-order valence-electron chi connectivity index (χ3n) is 0.575. The molecule has 1 N–H and O–H groups in total. The summed E-state index contributed by atoms with van der Waals surface area (Å²) in [6, 6.07) is 0. The van der Waals surface area contributed by atoms with Gasteiger partial charge in [-0.05, 0) is 0 Å². The summed E-state index contributed by atoms with van der Waals surface area (Å²) in [5, 5.41) is 0. The van der Waals surface area contributed by atoms with E-state index in [9.17, 15) is 0 Å². The number of halogens is 1. The summed E-state index contributed by atoms with van der Waals surface area (Å²) in [7, 11) is 0. The van der Waals surface area contributed by atoms with Crippen molar-refractivity contribution >= 4 is 27.9 Å². The van der Waals surface area contributed by atoms with Gasteiger partial charge in [-0.2, -0.15) is 0 Å². The highest BCUT2D eigenvalue weighted by atomic mass is 79.9. The Bertz CT molecular complexity index is 44.1. The highest BCUT2D eigenvalue weighted by molar-refractivity contribution is 9.09. The van der Waals surface area contributed by atoms with Crippen LogP contribution in [0, 0.1) is 6.54 Å². The summed E-state index contributed by atoms with van der Waals surface area (Å²) in [5.74, 6) is 1.15. The van der Waals surface area contributed by atoms with Crippen LogP contribution in [0.3, 0.4) is 0 Å². The van der Waals surface area contributed by atoms with E-state index >= 15 is 0 Å². The normalized spacial score (nSPS) is 34.5. The Balaban J connectivity index is 2.18. The number of hydrogen-bond donors (Lipinski definition) is 1. The van der Waals surface area contributed by atoms with Gasteiger partial charge in [-0.3, -0.25) is 4.72 Å². The van der Waals surface area contributed by atoms with E-state index < -0.39 is 0 Å². The predicted octanol–water partition coefficient (Wildman–Crippen LogP) is 1.16. The SMILES string of the molecule is BrC1[CH]NSC1. The van der Waals surface area contributed by atoms with E-state index in [1.54, 1.807) is 11.9 Å². The lowest BCUT2D eigenvalue weighted by Gasteiger charge is -1.85. The van der Waals surface area contributed by atoms with E-state index in [2.05, 4.69) is 20.7 Å². The van der Waals surface area contributed by atoms with Crippen molar-refractivity contribution in [2.24, 2.45) is 0 Å². The molecule has 0 amide bonds. The number of rotatable bonds is 0.